The first-order valence-corrected chi connectivity index (χ1v) is 7.42. The molecule has 3 heteroatoms. The summed E-state index contributed by atoms with van der Waals surface area (Å²) in [4.78, 5) is 14.1. The molecule has 1 N–H and O–H groups in total. The quantitative estimate of drug-likeness (QED) is 0.797. The second-order valence-electron chi connectivity index (χ2n) is 5.86. The minimum absolute atomic E-state index is 0.0829. The summed E-state index contributed by atoms with van der Waals surface area (Å²) in [5.41, 5.74) is 1.34. The fourth-order valence-corrected chi connectivity index (χ4v) is 3.16. The lowest BCUT2D eigenvalue weighted by atomic mass is 10.0. The van der Waals surface area contributed by atoms with Crippen LogP contribution < -0.4 is 5.32 Å². The monoisotopic (exact) mass is 250 g/mol. The predicted octanol–water partition coefficient (Wildman–Crippen LogP) is 3.66. The number of amides is 2. The van der Waals surface area contributed by atoms with Gasteiger partial charge >= 0.3 is 6.03 Å². The number of allylic oxidation sites excluding steroid dienone is 1. The topological polar surface area (TPSA) is 32.3 Å². The third-order valence-corrected chi connectivity index (χ3v) is 4.49. The van der Waals surface area contributed by atoms with E-state index in [1.807, 2.05) is 11.1 Å². The maximum atomic E-state index is 12.1. The molecule has 0 radical (unpaired) electrons. The molecule has 1 aliphatic heterocycles. The fraction of sp³-hybridized carbons (Fsp3) is 0.800. The lowest BCUT2D eigenvalue weighted by molar-refractivity contribution is 0.161. The van der Waals surface area contributed by atoms with Crippen molar-refractivity contribution in [1.29, 1.82) is 0 Å². The fourth-order valence-electron chi connectivity index (χ4n) is 3.16. The summed E-state index contributed by atoms with van der Waals surface area (Å²) in [7, 11) is 0. The molecule has 1 unspecified atom stereocenters. The Kier molecular flexibility index (Phi) is 4.67. The van der Waals surface area contributed by atoms with Gasteiger partial charge in [0.25, 0.3) is 0 Å². The minimum Gasteiger partial charge on any atom is -0.322 e. The van der Waals surface area contributed by atoms with E-state index in [0.717, 1.165) is 19.4 Å². The number of urea groups is 1. The Balaban J connectivity index is 1.84. The zero-order valence-electron chi connectivity index (χ0n) is 11.7. The summed E-state index contributed by atoms with van der Waals surface area (Å²) in [5, 5.41) is 2.98. The highest BCUT2D eigenvalue weighted by Gasteiger charge is 2.23. The molecular formula is C15H26N2O. The molecule has 1 saturated heterocycles. The van der Waals surface area contributed by atoms with Gasteiger partial charge in [0.2, 0.25) is 0 Å². The van der Waals surface area contributed by atoms with Crippen molar-refractivity contribution in [3.8, 4) is 0 Å². The van der Waals surface area contributed by atoms with Gasteiger partial charge in [0, 0.05) is 18.8 Å². The van der Waals surface area contributed by atoms with Crippen molar-refractivity contribution in [3.63, 3.8) is 0 Å². The standard InChI is InChI=1S/C15H26N2O/c1-12(14-8-3-4-9-14)11-16-15(18)17-10-6-5-7-13(17)2/h11,13-14H,3-10H2,1-2H3,(H,16,18)/b12-11+. The highest BCUT2D eigenvalue weighted by Crippen LogP contribution is 2.30. The Labute approximate surface area is 111 Å². The summed E-state index contributed by atoms with van der Waals surface area (Å²) < 4.78 is 0. The van der Waals surface area contributed by atoms with E-state index in [-0.39, 0.29) is 6.03 Å². The number of carbonyl (C=O) groups is 1. The number of rotatable bonds is 2. The van der Waals surface area contributed by atoms with Crippen molar-refractivity contribution in [3.05, 3.63) is 11.8 Å². The van der Waals surface area contributed by atoms with Crippen LogP contribution in [0.5, 0.6) is 0 Å². The molecule has 0 aromatic heterocycles. The van der Waals surface area contributed by atoms with Crippen molar-refractivity contribution < 1.29 is 4.79 Å². The maximum absolute atomic E-state index is 12.1. The van der Waals surface area contributed by atoms with Gasteiger partial charge in [0.05, 0.1) is 0 Å². The van der Waals surface area contributed by atoms with Gasteiger partial charge in [-0.1, -0.05) is 18.4 Å². The van der Waals surface area contributed by atoms with Gasteiger partial charge in [0.15, 0.2) is 0 Å². The number of piperidine rings is 1. The summed E-state index contributed by atoms with van der Waals surface area (Å²) in [6, 6.07) is 0.471. The molecule has 0 spiro atoms. The summed E-state index contributed by atoms with van der Waals surface area (Å²) in [6.07, 6.45) is 10.7. The van der Waals surface area contributed by atoms with Crippen molar-refractivity contribution in [2.45, 2.75) is 64.8 Å². The molecule has 0 bridgehead atoms. The molecule has 0 aromatic rings. The SMILES string of the molecule is C/C(=C\NC(=O)N1CCCCC1C)C1CCCC1. The average Bonchev–Trinajstić information content (AvgIpc) is 2.90. The zero-order chi connectivity index (χ0) is 13.0. The largest absolute Gasteiger partial charge is 0.322 e. The van der Waals surface area contributed by atoms with E-state index in [1.165, 1.54) is 37.7 Å². The van der Waals surface area contributed by atoms with E-state index in [4.69, 9.17) is 0 Å². The number of hydrogen-bond acceptors (Lipinski definition) is 1. The molecule has 0 aromatic carbocycles. The lowest BCUT2D eigenvalue weighted by Crippen LogP contribution is -2.46. The van der Waals surface area contributed by atoms with E-state index < -0.39 is 0 Å². The summed E-state index contributed by atoms with van der Waals surface area (Å²) in [5.74, 6) is 0.698. The van der Waals surface area contributed by atoms with Crippen molar-refractivity contribution in [2.75, 3.05) is 6.54 Å². The van der Waals surface area contributed by atoms with Crippen molar-refractivity contribution in [2.24, 2.45) is 5.92 Å². The average molecular weight is 250 g/mol. The van der Waals surface area contributed by atoms with Gasteiger partial charge in [-0.25, -0.2) is 4.79 Å². The molecule has 3 nitrogen and oxygen atoms in total. The van der Waals surface area contributed by atoms with Crippen LogP contribution in [0.1, 0.15) is 58.8 Å². The van der Waals surface area contributed by atoms with Gasteiger partial charge in [-0.05, 0) is 51.9 Å². The Bertz CT molecular complexity index is 318. The van der Waals surface area contributed by atoms with Crippen LogP contribution in [-0.2, 0) is 0 Å². The second kappa shape index (κ2) is 6.26. The molecule has 2 fully saturated rings. The number of hydrogen-bond donors (Lipinski definition) is 1. The smallest absolute Gasteiger partial charge is 0.321 e. The first kappa shape index (κ1) is 13.4. The lowest BCUT2D eigenvalue weighted by Gasteiger charge is -2.33. The highest BCUT2D eigenvalue weighted by atomic mass is 16.2. The predicted molar refractivity (Wildman–Crippen MR) is 74.3 cm³/mol. The third-order valence-electron chi connectivity index (χ3n) is 4.49. The number of likely N-dealkylation sites (tertiary alicyclic amines) is 1. The molecule has 102 valence electrons. The normalized spacial score (nSPS) is 26.4. The van der Waals surface area contributed by atoms with Crippen molar-refractivity contribution in [1.82, 2.24) is 10.2 Å². The molecule has 1 aliphatic carbocycles. The van der Waals surface area contributed by atoms with Gasteiger partial charge in [-0.15, -0.1) is 0 Å². The van der Waals surface area contributed by atoms with Crippen LogP contribution in [0.15, 0.2) is 11.8 Å². The van der Waals surface area contributed by atoms with Crippen LogP contribution in [0.2, 0.25) is 0 Å². The van der Waals surface area contributed by atoms with Crippen LogP contribution in [0.25, 0.3) is 0 Å². The van der Waals surface area contributed by atoms with E-state index in [2.05, 4.69) is 19.2 Å². The van der Waals surface area contributed by atoms with E-state index in [9.17, 15) is 4.79 Å². The van der Waals surface area contributed by atoms with Gasteiger partial charge < -0.3 is 10.2 Å². The molecule has 1 heterocycles. The molecule has 1 saturated carbocycles. The van der Waals surface area contributed by atoms with E-state index in [0.29, 0.717) is 12.0 Å². The van der Waals surface area contributed by atoms with Gasteiger partial charge in [-0.2, -0.15) is 0 Å². The van der Waals surface area contributed by atoms with Gasteiger partial charge in [-0.3, -0.25) is 0 Å². The summed E-state index contributed by atoms with van der Waals surface area (Å²) >= 11 is 0. The highest BCUT2D eigenvalue weighted by molar-refractivity contribution is 5.75. The molecule has 2 amide bonds. The Hall–Kier alpha value is -0.990. The number of carbonyl (C=O) groups excluding carboxylic acids is 1. The number of nitrogens with zero attached hydrogens (tertiary/aromatic N) is 1. The summed E-state index contributed by atoms with van der Waals surface area (Å²) in [6.45, 7) is 5.20. The van der Waals surface area contributed by atoms with E-state index >= 15 is 0 Å². The molecule has 2 aliphatic rings. The van der Waals surface area contributed by atoms with Gasteiger partial charge in [0.1, 0.15) is 0 Å². The third kappa shape index (κ3) is 3.27. The first-order chi connectivity index (χ1) is 8.68. The first-order valence-electron chi connectivity index (χ1n) is 7.42. The van der Waals surface area contributed by atoms with Crippen LogP contribution in [0.3, 0.4) is 0 Å². The van der Waals surface area contributed by atoms with Crippen molar-refractivity contribution >= 4 is 6.03 Å². The Morgan fingerprint density at radius 3 is 2.50 bits per heavy atom. The van der Waals surface area contributed by atoms with Crippen LogP contribution >= 0.6 is 0 Å². The molecular weight excluding hydrogens is 224 g/mol. The van der Waals surface area contributed by atoms with Crippen LogP contribution in [0.4, 0.5) is 4.79 Å². The molecule has 1 atom stereocenters. The van der Waals surface area contributed by atoms with E-state index in [1.54, 1.807) is 0 Å². The maximum Gasteiger partial charge on any atom is 0.321 e. The zero-order valence-corrected chi connectivity index (χ0v) is 11.7. The molecule has 18 heavy (non-hydrogen) atoms. The van der Waals surface area contributed by atoms with Crippen LogP contribution in [0, 0.1) is 5.92 Å². The Morgan fingerprint density at radius 2 is 1.83 bits per heavy atom. The molecule has 2 rings (SSSR count). The van der Waals surface area contributed by atoms with Crippen LogP contribution in [-0.4, -0.2) is 23.5 Å². The minimum atomic E-state index is 0.0829. The second-order valence-corrected chi connectivity index (χ2v) is 5.86. The Morgan fingerprint density at radius 1 is 1.17 bits per heavy atom. The number of nitrogens with one attached hydrogen (secondary N) is 1.